The molecule has 0 aliphatic rings. The molecule has 7 nitrogen and oxygen atoms in total. The molecule has 0 bridgehead atoms. The van der Waals surface area contributed by atoms with E-state index in [2.05, 4.69) is 5.32 Å². The number of carbonyl (C=O) groups excluding carboxylic acids is 2. The smallest absolute Gasteiger partial charge is 0.264 e. The third-order valence-corrected chi connectivity index (χ3v) is 9.95. The van der Waals surface area contributed by atoms with Crippen LogP contribution in [0.15, 0.2) is 76.5 Å². The molecule has 226 valence electrons. The average molecular weight is 651 g/mol. The summed E-state index contributed by atoms with van der Waals surface area (Å²) in [7, 11) is -4.16. The normalized spacial score (nSPS) is 12.2. The first-order valence-corrected chi connectivity index (χ1v) is 17.0. The van der Waals surface area contributed by atoms with Crippen LogP contribution in [0.5, 0.6) is 0 Å². The molecule has 0 saturated heterocycles. The Morgan fingerprint density at radius 2 is 1.55 bits per heavy atom. The van der Waals surface area contributed by atoms with Gasteiger partial charge in [-0.15, -0.1) is 11.8 Å². The number of benzene rings is 3. The van der Waals surface area contributed by atoms with Gasteiger partial charge in [0.15, 0.2) is 0 Å². The lowest BCUT2D eigenvalue weighted by molar-refractivity contribution is -0.140. The van der Waals surface area contributed by atoms with Crippen LogP contribution in [0.25, 0.3) is 0 Å². The summed E-state index contributed by atoms with van der Waals surface area (Å²) in [4.78, 5) is 29.9. The van der Waals surface area contributed by atoms with Gasteiger partial charge in [-0.05, 0) is 74.0 Å². The lowest BCUT2D eigenvalue weighted by Gasteiger charge is -2.33. The zero-order valence-corrected chi connectivity index (χ0v) is 27.6. The number of rotatable bonds is 13. The standard InChI is InChI=1S/C31H37Cl2N3O4S2/c1-6-29(31(38)34-18-21(2)3)35(19-26-27(32)8-7-9-28(26)33)30(37)20-36(23-12-10-22(4)11-13-23)42(39,40)25-16-14-24(41-5)15-17-25/h7-17,21,29H,6,18-20H2,1-5H3,(H,34,38)/t29-/m0/s1. The van der Waals surface area contributed by atoms with Gasteiger partial charge in [0.05, 0.1) is 10.6 Å². The largest absolute Gasteiger partial charge is 0.354 e. The average Bonchev–Trinajstić information content (AvgIpc) is 2.96. The Morgan fingerprint density at radius 1 is 0.952 bits per heavy atom. The molecule has 1 N–H and O–H groups in total. The number of aryl methyl sites for hydroxylation is 1. The Morgan fingerprint density at radius 3 is 2.07 bits per heavy atom. The van der Waals surface area contributed by atoms with Crippen LogP contribution < -0.4 is 9.62 Å². The van der Waals surface area contributed by atoms with E-state index < -0.39 is 28.5 Å². The molecule has 2 amide bonds. The molecule has 42 heavy (non-hydrogen) atoms. The highest BCUT2D eigenvalue weighted by molar-refractivity contribution is 7.98. The van der Waals surface area contributed by atoms with Crippen LogP contribution >= 0.6 is 35.0 Å². The molecular formula is C31H37Cl2N3O4S2. The fourth-order valence-electron chi connectivity index (χ4n) is 4.31. The summed E-state index contributed by atoms with van der Waals surface area (Å²) in [6, 6.07) is 17.5. The van der Waals surface area contributed by atoms with E-state index in [4.69, 9.17) is 23.2 Å². The van der Waals surface area contributed by atoms with Gasteiger partial charge in [-0.1, -0.05) is 67.7 Å². The maximum atomic E-state index is 14.2. The molecule has 0 radical (unpaired) electrons. The maximum Gasteiger partial charge on any atom is 0.264 e. The highest BCUT2D eigenvalue weighted by Gasteiger charge is 2.34. The highest BCUT2D eigenvalue weighted by Crippen LogP contribution is 2.29. The van der Waals surface area contributed by atoms with E-state index in [9.17, 15) is 18.0 Å². The van der Waals surface area contributed by atoms with Crippen LogP contribution in [0.1, 0.15) is 38.3 Å². The number of thioether (sulfide) groups is 1. The molecule has 0 aliphatic carbocycles. The van der Waals surface area contributed by atoms with Crippen LogP contribution in [0.2, 0.25) is 10.0 Å². The van der Waals surface area contributed by atoms with E-state index >= 15 is 0 Å². The second-order valence-corrected chi connectivity index (χ2v) is 13.9. The van der Waals surface area contributed by atoms with E-state index in [1.165, 1.54) is 28.8 Å². The van der Waals surface area contributed by atoms with E-state index in [0.717, 1.165) is 14.8 Å². The number of carbonyl (C=O) groups is 2. The second-order valence-electron chi connectivity index (χ2n) is 10.3. The number of hydrogen-bond acceptors (Lipinski definition) is 5. The van der Waals surface area contributed by atoms with Gasteiger partial charge in [-0.2, -0.15) is 0 Å². The number of anilines is 1. The molecule has 0 aliphatic heterocycles. The first-order valence-electron chi connectivity index (χ1n) is 13.6. The van der Waals surface area contributed by atoms with E-state index in [-0.39, 0.29) is 23.3 Å². The Labute approximate surface area is 263 Å². The zero-order chi connectivity index (χ0) is 31.0. The van der Waals surface area contributed by atoms with Crippen LogP contribution in [-0.2, 0) is 26.2 Å². The van der Waals surface area contributed by atoms with Gasteiger partial charge in [0.25, 0.3) is 10.0 Å². The van der Waals surface area contributed by atoms with Gasteiger partial charge in [-0.25, -0.2) is 8.42 Å². The van der Waals surface area contributed by atoms with Crippen molar-refractivity contribution in [2.45, 2.75) is 56.5 Å². The quantitative estimate of drug-likeness (QED) is 0.206. The van der Waals surface area contributed by atoms with E-state index in [0.29, 0.717) is 34.3 Å². The first kappa shape index (κ1) is 33.8. The summed E-state index contributed by atoms with van der Waals surface area (Å²) in [5, 5.41) is 3.59. The van der Waals surface area contributed by atoms with Gasteiger partial charge >= 0.3 is 0 Å². The maximum absolute atomic E-state index is 14.2. The van der Waals surface area contributed by atoms with Gasteiger partial charge in [0, 0.05) is 33.6 Å². The van der Waals surface area contributed by atoms with Crippen LogP contribution in [0, 0.1) is 12.8 Å². The topological polar surface area (TPSA) is 86.8 Å². The van der Waals surface area contributed by atoms with Gasteiger partial charge in [-0.3, -0.25) is 13.9 Å². The van der Waals surface area contributed by atoms with Crippen molar-refractivity contribution in [1.29, 1.82) is 0 Å². The summed E-state index contributed by atoms with van der Waals surface area (Å²) < 4.78 is 29.1. The zero-order valence-electron chi connectivity index (χ0n) is 24.4. The Balaban J connectivity index is 2.08. The molecule has 3 aromatic carbocycles. The molecular weight excluding hydrogens is 613 g/mol. The third kappa shape index (κ3) is 8.43. The summed E-state index contributed by atoms with van der Waals surface area (Å²) >= 11 is 14.4. The molecule has 0 unspecified atom stereocenters. The van der Waals surface area contributed by atoms with E-state index in [1.807, 2.05) is 27.0 Å². The number of halogens is 2. The summed E-state index contributed by atoms with van der Waals surface area (Å²) in [6.45, 7) is 7.47. The minimum atomic E-state index is -4.16. The van der Waals surface area contributed by atoms with E-state index in [1.54, 1.807) is 61.5 Å². The molecule has 3 rings (SSSR count). The van der Waals surface area contributed by atoms with Crippen molar-refractivity contribution in [3.05, 3.63) is 87.9 Å². The Kier molecular flexibility index (Phi) is 12.2. The third-order valence-electron chi connectivity index (χ3n) is 6.71. The predicted octanol–water partition coefficient (Wildman–Crippen LogP) is 6.80. The van der Waals surface area contributed by atoms with Gasteiger partial charge < -0.3 is 10.2 Å². The van der Waals surface area contributed by atoms with Crippen molar-refractivity contribution in [1.82, 2.24) is 10.2 Å². The van der Waals surface area contributed by atoms with Crippen molar-refractivity contribution in [3.63, 3.8) is 0 Å². The minimum absolute atomic E-state index is 0.0519. The number of amides is 2. The molecule has 0 fully saturated rings. The number of nitrogens with one attached hydrogen (secondary N) is 1. The van der Waals surface area contributed by atoms with Crippen LogP contribution in [0.3, 0.4) is 0 Å². The lowest BCUT2D eigenvalue weighted by Crippen LogP contribution is -2.52. The number of sulfonamides is 1. The Hall–Kier alpha value is -2.72. The van der Waals surface area contributed by atoms with Crippen LogP contribution in [0.4, 0.5) is 5.69 Å². The molecule has 1 atom stereocenters. The van der Waals surface area contributed by atoms with Crippen molar-refractivity contribution < 1.29 is 18.0 Å². The molecule has 11 heteroatoms. The minimum Gasteiger partial charge on any atom is -0.354 e. The SMILES string of the molecule is CC[C@@H](C(=O)NCC(C)C)N(Cc1c(Cl)cccc1Cl)C(=O)CN(c1ccc(C)cc1)S(=O)(=O)c1ccc(SC)cc1. The predicted molar refractivity (Wildman–Crippen MR) is 173 cm³/mol. The van der Waals surface area contributed by atoms with Crippen molar-refractivity contribution in [2.24, 2.45) is 5.92 Å². The molecule has 0 heterocycles. The number of nitrogens with zero attached hydrogens (tertiary/aromatic N) is 2. The highest BCUT2D eigenvalue weighted by atomic mass is 35.5. The van der Waals surface area contributed by atoms with Crippen molar-refractivity contribution in [3.8, 4) is 0 Å². The number of hydrogen-bond donors (Lipinski definition) is 1. The summed E-state index contributed by atoms with van der Waals surface area (Å²) in [6.07, 6.45) is 2.20. The molecule has 3 aromatic rings. The molecule has 0 saturated carbocycles. The van der Waals surface area contributed by atoms with Crippen molar-refractivity contribution in [2.75, 3.05) is 23.7 Å². The summed E-state index contributed by atoms with van der Waals surface area (Å²) in [5.74, 6) is -0.698. The van der Waals surface area contributed by atoms with Gasteiger partial charge in [0.1, 0.15) is 12.6 Å². The molecule has 0 spiro atoms. The van der Waals surface area contributed by atoms with Gasteiger partial charge in [0.2, 0.25) is 11.8 Å². The summed E-state index contributed by atoms with van der Waals surface area (Å²) in [5.41, 5.74) is 1.74. The second kappa shape index (κ2) is 15.1. The fraction of sp³-hybridized carbons (Fsp3) is 0.355. The lowest BCUT2D eigenvalue weighted by atomic mass is 10.1. The molecule has 0 aromatic heterocycles. The van der Waals surface area contributed by atoms with Crippen LogP contribution in [-0.4, -0.2) is 50.5 Å². The fourth-order valence-corrected chi connectivity index (χ4v) is 6.65. The Bertz CT molecular complexity index is 1460. The van der Waals surface area contributed by atoms with Crippen molar-refractivity contribution >= 4 is 62.5 Å². The monoisotopic (exact) mass is 649 g/mol. The first-order chi connectivity index (χ1) is 19.9.